The van der Waals surface area contributed by atoms with Crippen LogP contribution in [-0.2, 0) is 48.9 Å². The van der Waals surface area contributed by atoms with Gasteiger partial charge in [-0.2, -0.15) is 18.6 Å². The maximum Gasteiger partial charge on any atom is 0.304 e. The lowest BCUT2D eigenvalue weighted by atomic mass is 9.94. The van der Waals surface area contributed by atoms with Crippen LogP contribution in [0.5, 0.6) is 0 Å². The van der Waals surface area contributed by atoms with Gasteiger partial charge >= 0.3 is 10.1 Å². The monoisotopic (exact) mass is 704 g/mol. The minimum Gasteiger partial charge on any atom is -0.281 e. The molecule has 0 saturated heterocycles. The van der Waals surface area contributed by atoms with Gasteiger partial charge in [-0.15, -0.1) is 22.7 Å². The molecule has 0 aliphatic heterocycles. The molecule has 0 radical (unpaired) electrons. The van der Waals surface area contributed by atoms with E-state index in [1.165, 1.54) is 27.3 Å². The van der Waals surface area contributed by atoms with Crippen LogP contribution in [0.4, 0.5) is 0 Å². The summed E-state index contributed by atoms with van der Waals surface area (Å²) in [4.78, 5) is 2.24. The molecule has 4 aromatic heterocycles. The fraction of sp³-hybridized carbons (Fsp3) is 0.231. The second kappa shape index (κ2) is 13.5. The van der Waals surface area contributed by atoms with E-state index in [0.29, 0.717) is 6.54 Å². The number of aromatic nitrogens is 4. The summed E-state index contributed by atoms with van der Waals surface area (Å²) in [5.41, 5.74) is 11.5. The quantitative estimate of drug-likeness (QED) is 0.107. The van der Waals surface area contributed by atoms with Gasteiger partial charge in [0.1, 0.15) is 4.21 Å². The molecule has 2 aliphatic rings. The summed E-state index contributed by atoms with van der Waals surface area (Å²) in [7, 11) is -4.27. The van der Waals surface area contributed by atoms with Gasteiger partial charge in [0, 0.05) is 11.1 Å². The minimum absolute atomic E-state index is 0.0114. The highest BCUT2D eigenvalue weighted by atomic mass is 32.3. The van der Waals surface area contributed by atoms with Gasteiger partial charge in [-0.25, -0.2) is 0 Å². The molecule has 4 heterocycles. The van der Waals surface area contributed by atoms with Gasteiger partial charge in [-0.3, -0.25) is 13.9 Å². The predicted molar refractivity (Wildman–Crippen MR) is 199 cm³/mol. The Bertz CT molecular complexity index is 2290. The highest BCUT2D eigenvalue weighted by Gasteiger charge is 2.29. The number of allylic oxidation sites excluding steroid dienone is 2. The minimum atomic E-state index is -4.27. The summed E-state index contributed by atoms with van der Waals surface area (Å²) in [6, 6.07) is 24.6. The van der Waals surface area contributed by atoms with E-state index < -0.39 is 10.1 Å². The van der Waals surface area contributed by atoms with E-state index in [1.54, 1.807) is 6.07 Å². The first kappa shape index (κ1) is 31.9. The summed E-state index contributed by atoms with van der Waals surface area (Å²) in [6.07, 6.45) is 15.2. The van der Waals surface area contributed by atoms with Crippen LogP contribution in [0.3, 0.4) is 0 Å². The predicted octanol–water partition coefficient (Wildman–Crippen LogP) is 8.97. The van der Waals surface area contributed by atoms with Gasteiger partial charge in [-0.05, 0) is 96.9 Å². The summed E-state index contributed by atoms with van der Waals surface area (Å²) >= 11 is 2.95. The van der Waals surface area contributed by atoms with Crippen molar-refractivity contribution in [3.63, 3.8) is 0 Å². The van der Waals surface area contributed by atoms with Gasteiger partial charge in [0.05, 0.1) is 45.6 Å². The second-order valence-electron chi connectivity index (χ2n) is 12.6. The molecular weight excluding hydrogens is 669 g/mol. The molecular formula is C39H36N4O3S3. The normalized spacial score (nSPS) is 13.9. The van der Waals surface area contributed by atoms with Crippen molar-refractivity contribution in [2.24, 2.45) is 0 Å². The first-order chi connectivity index (χ1) is 23.9. The average molecular weight is 705 g/mol. The molecule has 0 fully saturated rings. The van der Waals surface area contributed by atoms with Crippen LogP contribution in [0.2, 0.25) is 0 Å². The third-order valence-corrected chi connectivity index (χ3v) is 12.8. The Morgan fingerprint density at radius 2 is 1.27 bits per heavy atom. The molecule has 0 saturated carbocycles. The number of thiophene rings is 2. The Hall–Kier alpha value is -4.35. The Balaban J connectivity index is 0.979. The van der Waals surface area contributed by atoms with Crippen LogP contribution in [0.15, 0.2) is 94.5 Å². The van der Waals surface area contributed by atoms with E-state index in [0.717, 1.165) is 101 Å². The molecule has 0 spiro atoms. The standard InChI is InChI=1S/C39H36N4O3S3/c44-49(45,46)35-24-30-19-21-32-34(41-43(37(32)39(30)48-35)26-28-14-8-5-9-15-28)17-11-3-1-2-10-16-33-31-20-18-29-22-23-47-38(29)36(31)42(40-33)25-27-12-6-4-7-13-27/h4-17,22-24H,1-3,18-21,25-26H2,(H,44,45,46)/b16-10+,17-11+. The number of benzene rings is 2. The van der Waals surface area contributed by atoms with E-state index in [2.05, 4.69) is 82.9 Å². The van der Waals surface area contributed by atoms with E-state index in [1.807, 2.05) is 34.2 Å². The van der Waals surface area contributed by atoms with Gasteiger partial charge in [-0.1, -0.05) is 72.8 Å². The lowest BCUT2D eigenvalue weighted by Gasteiger charge is -2.15. The van der Waals surface area contributed by atoms with E-state index >= 15 is 0 Å². The number of unbranched alkanes of at least 4 members (excludes halogenated alkanes) is 2. The molecule has 8 rings (SSSR count). The number of aryl methyl sites for hydroxylation is 2. The molecule has 0 bridgehead atoms. The molecule has 248 valence electrons. The van der Waals surface area contributed by atoms with Gasteiger partial charge < -0.3 is 0 Å². The number of rotatable bonds is 11. The Kier molecular flexibility index (Phi) is 8.80. The Morgan fingerprint density at radius 3 is 1.84 bits per heavy atom. The maximum atomic E-state index is 12.0. The van der Waals surface area contributed by atoms with Gasteiger partial charge in [0.25, 0.3) is 0 Å². The van der Waals surface area contributed by atoms with Crippen molar-refractivity contribution in [1.29, 1.82) is 0 Å². The van der Waals surface area contributed by atoms with E-state index in [4.69, 9.17) is 10.2 Å². The summed E-state index contributed by atoms with van der Waals surface area (Å²) in [5, 5.41) is 12.3. The van der Waals surface area contributed by atoms with Crippen LogP contribution in [-0.4, -0.2) is 32.5 Å². The van der Waals surface area contributed by atoms with Crippen LogP contribution in [0, 0.1) is 0 Å². The van der Waals surface area contributed by atoms with Crippen LogP contribution >= 0.6 is 22.7 Å². The van der Waals surface area contributed by atoms with Crippen molar-refractivity contribution in [1.82, 2.24) is 19.6 Å². The summed E-state index contributed by atoms with van der Waals surface area (Å²) in [6.45, 7) is 1.35. The third-order valence-electron chi connectivity index (χ3n) is 9.31. The number of hydrogen-bond acceptors (Lipinski definition) is 6. The molecule has 0 amide bonds. The smallest absolute Gasteiger partial charge is 0.281 e. The van der Waals surface area contributed by atoms with Crippen LogP contribution < -0.4 is 0 Å². The highest BCUT2D eigenvalue weighted by Crippen LogP contribution is 2.43. The lowest BCUT2D eigenvalue weighted by molar-refractivity contribution is 0.485. The van der Waals surface area contributed by atoms with Gasteiger partial charge in [0.2, 0.25) is 0 Å². The lowest BCUT2D eigenvalue weighted by Crippen LogP contribution is -2.07. The largest absolute Gasteiger partial charge is 0.304 e. The molecule has 2 aromatic carbocycles. The van der Waals surface area contributed by atoms with Crippen molar-refractivity contribution in [2.45, 2.75) is 62.2 Å². The fourth-order valence-electron chi connectivity index (χ4n) is 6.97. The van der Waals surface area contributed by atoms with Crippen molar-refractivity contribution in [3.8, 4) is 21.1 Å². The third kappa shape index (κ3) is 6.53. The first-order valence-electron chi connectivity index (χ1n) is 16.7. The van der Waals surface area contributed by atoms with Crippen molar-refractivity contribution >= 4 is 44.9 Å². The maximum absolute atomic E-state index is 12.0. The zero-order chi connectivity index (χ0) is 33.4. The van der Waals surface area contributed by atoms with E-state index in [9.17, 15) is 13.0 Å². The Morgan fingerprint density at radius 1 is 0.714 bits per heavy atom. The summed E-state index contributed by atoms with van der Waals surface area (Å²) in [5.74, 6) is 0. The van der Waals surface area contributed by atoms with Crippen molar-refractivity contribution in [3.05, 3.63) is 135 Å². The van der Waals surface area contributed by atoms with E-state index in [-0.39, 0.29) is 4.21 Å². The molecule has 1 N–H and O–H groups in total. The topological polar surface area (TPSA) is 90.0 Å². The average Bonchev–Trinajstić information content (AvgIpc) is 3.89. The summed E-state index contributed by atoms with van der Waals surface area (Å²) < 4.78 is 37.8. The fourth-order valence-corrected chi connectivity index (χ4v) is 9.98. The molecule has 49 heavy (non-hydrogen) atoms. The van der Waals surface area contributed by atoms with Crippen LogP contribution in [0.25, 0.3) is 33.3 Å². The van der Waals surface area contributed by atoms with Crippen LogP contribution in [0.1, 0.15) is 64.0 Å². The number of hydrogen-bond donors (Lipinski definition) is 1. The SMILES string of the molecule is O=S(=O)(O)c1cc2c(s1)-c1c(c(/C=C/CCC/C=C/c3nn(Cc4ccccc4)c4c3CCc3ccsc3-4)nn1Cc1ccccc1)CC2. The molecule has 0 atom stereocenters. The van der Waals surface area contributed by atoms with Crippen molar-refractivity contribution < 1.29 is 13.0 Å². The number of nitrogens with zero attached hydrogens (tertiary/aromatic N) is 4. The highest BCUT2D eigenvalue weighted by molar-refractivity contribution is 7.88. The van der Waals surface area contributed by atoms with Crippen molar-refractivity contribution in [2.75, 3.05) is 0 Å². The zero-order valence-electron chi connectivity index (χ0n) is 27.0. The number of fused-ring (bicyclic) bond motifs is 6. The molecule has 7 nitrogen and oxygen atoms in total. The molecule has 10 heteroatoms. The molecule has 6 aromatic rings. The Labute approximate surface area is 294 Å². The molecule has 0 unspecified atom stereocenters. The zero-order valence-corrected chi connectivity index (χ0v) is 29.4. The first-order valence-corrected chi connectivity index (χ1v) is 19.8. The molecule has 2 aliphatic carbocycles. The van der Waals surface area contributed by atoms with Gasteiger partial charge in [0.15, 0.2) is 0 Å². The second-order valence-corrected chi connectivity index (χ2v) is 16.2.